The summed E-state index contributed by atoms with van der Waals surface area (Å²) in [6.07, 6.45) is 1.42. The molecule has 3 rings (SSSR count). The van der Waals surface area contributed by atoms with Crippen molar-refractivity contribution in [3.8, 4) is 0 Å². The average Bonchev–Trinajstić information content (AvgIpc) is 3.24. The van der Waals surface area contributed by atoms with Crippen molar-refractivity contribution >= 4 is 29.3 Å². The molecule has 2 aromatic heterocycles. The van der Waals surface area contributed by atoms with E-state index in [2.05, 4.69) is 20.5 Å². The lowest BCUT2D eigenvalue weighted by Gasteiger charge is -2.09. The Bertz CT molecular complexity index is 1070. The van der Waals surface area contributed by atoms with Crippen LogP contribution >= 0.6 is 11.6 Å². The second kappa shape index (κ2) is 8.35. The van der Waals surface area contributed by atoms with Crippen LogP contribution in [0.3, 0.4) is 0 Å². The van der Waals surface area contributed by atoms with Crippen LogP contribution in [0.2, 0.25) is 5.02 Å². The van der Waals surface area contributed by atoms with E-state index < -0.39 is 16.7 Å². The summed E-state index contributed by atoms with van der Waals surface area (Å²) < 4.78 is 16.0. The van der Waals surface area contributed by atoms with E-state index in [-0.39, 0.29) is 35.8 Å². The van der Waals surface area contributed by atoms with Crippen LogP contribution in [0.1, 0.15) is 18.2 Å². The van der Waals surface area contributed by atoms with Gasteiger partial charge in [0.15, 0.2) is 0 Å². The van der Waals surface area contributed by atoms with E-state index >= 15 is 0 Å². The lowest BCUT2D eigenvalue weighted by Crippen LogP contribution is -2.25. The van der Waals surface area contributed by atoms with Crippen LogP contribution in [0.25, 0.3) is 0 Å². The first-order valence-electron chi connectivity index (χ1n) is 8.56. The summed E-state index contributed by atoms with van der Waals surface area (Å²) in [4.78, 5) is 26.6. The van der Waals surface area contributed by atoms with Gasteiger partial charge in [-0.1, -0.05) is 24.6 Å². The second-order valence-electron chi connectivity index (χ2n) is 6.47. The third kappa shape index (κ3) is 4.93. The second-order valence-corrected chi connectivity index (χ2v) is 6.88. The van der Waals surface area contributed by atoms with Crippen LogP contribution < -0.4 is 5.32 Å². The average molecular weight is 422 g/mol. The molecule has 1 atom stereocenters. The van der Waals surface area contributed by atoms with Crippen molar-refractivity contribution in [3.05, 3.63) is 62.8 Å². The highest BCUT2D eigenvalue weighted by Gasteiger charge is 2.21. The fraction of sp³-hybridized carbons (Fsp3) is 0.294. The minimum atomic E-state index is -0.585. The zero-order valence-electron chi connectivity index (χ0n) is 15.5. The number of amides is 1. The molecule has 1 aromatic carbocycles. The molecule has 0 aliphatic rings. The first kappa shape index (κ1) is 20.4. The number of benzene rings is 1. The monoisotopic (exact) mass is 421 g/mol. The third-order valence-corrected chi connectivity index (χ3v) is 4.52. The summed E-state index contributed by atoms with van der Waals surface area (Å²) in [5, 5.41) is 21.7. The summed E-state index contributed by atoms with van der Waals surface area (Å²) in [5.74, 6) is -1.50. The van der Waals surface area contributed by atoms with Gasteiger partial charge in [-0.2, -0.15) is 4.68 Å². The van der Waals surface area contributed by atoms with Crippen molar-refractivity contribution in [2.45, 2.75) is 26.9 Å². The van der Waals surface area contributed by atoms with Gasteiger partial charge in [0, 0.05) is 5.02 Å². The lowest BCUT2D eigenvalue weighted by molar-refractivity contribution is -0.389. The molecule has 0 saturated heterocycles. The number of hydrogen-bond acceptors (Lipinski definition) is 6. The van der Waals surface area contributed by atoms with Crippen molar-refractivity contribution in [1.29, 1.82) is 0 Å². The van der Waals surface area contributed by atoms with Gasteiger partial charge in [-0.05, 0) is 29.5 Å². The highest BCUT2D eigenvalue weighted by atomic mass is 35.5. The summed E-state index contributed by atoms with van der Waals surface area (Å²) in [6.45, 7) is 3.76. The molecule has 0 spiro atoms. The topological polar surface area (TPSA) is 121 Å². The Kier molecular flexibility index (Phi) is 5.87. The Morgan fingerprint density at radius 1 is 1.38 bits per heavy atom. The first-order valence-corrected chi connectivity index (χ1v) is 8.94. The number of nitro groups is 1. The van der Waals surface area contributed by atoms with Crippen molar-refractivity contribution in [3.63, 3.8) is 0 Å². The molecule has 152 valence electrons. The van der Waals surface area contributed by atoms with Crippen molar-refractivity contribution in [2.24, 2.45) is 5.92 Å². The molecule has 29 heavy (non-hydrogen) atoms. The molecular weight excluding hydrogens is 405 g/mol. The third-order valence-electron chi connectivity index (χ3n) is 4.17. The highest BCUT2D eigenvalue weighted by Crippen LogP contribution is 2.18. The molecule has 1 unspecified atom stereocenters. The Labute approximate surface area is 169 Å². The first-order chi connectivity index (χ1) is 13.7. The van der Waals surface area contributed by atoms with E-state index in [1.807, 2.05) is 0 Å². The van der Waals surface area contributed by atoms with Crippen LogP contribution in [-0.4, -0.2) is 35.4 Å². The quantitative estimate of drug-likeness (QED) is 0.462. The molecule has 12 heteroatoms. The molecule has 0 bridgehead atoms. The van der Waals surface area contributed by atoms with Crippen LogP contribution in [-0.2, 0) is 17.9 Å². The number of nitrogens with zero attached hydrogens (tertiary/aromatic N) is 6. The molecule has 0 aliphatic carbocycles. The minimum absolute atomic E-state index is 0.100. The van der Waals surface area contributed by atoms with Gasteiger partial charge in [-0.3, -0.25) is 10.1 Å². The minimum Gasteiger partial charge on any atom is -0.358 e. The summed E-state index contributed by atoms with van der Waals surface area (Å²) >= 11 is 6.00. The van der Waals surface area contributed by atoms with E-state index in [1.165, 1.54) is 33.9 Å². The van der Waals surface area contributed by atoms with Gasteiger partial charge < -0.3 is 10.1 Å². The van der Waals surface area contributed by atoms with Crippen molar-refractivity contribution in [2.75, 3.05) is 5.32 Å². The largest absolute Gasteiger partial charge is 0.390 e. The predicted molar refractivity (Wildman–Crippen MR) is 102 cm³/mol. The Hall–Kier alpha value is -3.34. The van der Waals surface area contributed by atoms with E-state index in [9.17, 15) is 19.3 Å². The smallest absolute Gasteiger partial charge is 0.358 e. The number of rotatable bonds is 7. The molecule has 2 heterocycles. The van der Waals surface area contributed by atoms with Crippen molar-refractivity contribution in [1.82, 2.24) is 24.5 Å². The number of anilines is 1. The zero-order chi connectivity index (χ0) is 21.1. The van der Waals surface area contributed by atoms with Crippen LogP contribution in [0, 0.1) is 28.8 Å². The molecule has 0 aliphatic heterocycles. The zero-order valence-corrected chi connectivity index (χ0v) is 16.3. The fourth-order valence-electron chi connectivity index (χ4n) is 2.60. The molecule has 1 amide bonds. The number of halogens is 2. The fourth-order valence-corrected chi connectivity index (χ4v) is 2.82. The Morgan fingerprint density at radius 2 is 2.14 bits per heavy atom. The van der Waals surface area contributed by atoms with Crippen LogP contribution in [0.5, 0.6) is 0 Å². The SMILES string of the molecule is Cc1cc([N+](=O)[O-])nn1CC(C)C(=O)Nc1ncn(Cc2ccc(F)cc2Cl)n1. The van der Waals surface area contributed by atoms with E-state index in [1.54, 1.807) is 19.9 Å². The van der Waals surface area contributed by atoms with Gasteiger partial charge in [0.25, 0.3) is 0 Å². The molecular formula is C17H17ClFN7O3. The summed E-state index contributed by atoms with van der Waals surface area (Å²) in [6, 6.07) is 5.39. The molecule has 1 N–H and O–H groups in total. The Balaban J connectivity index is 1.61. The maximum absolute atomic E-state index is 13.1. The Morgan fingerprint density at radius 3 is 2.79 bits per heavy atom. The van der Waals surface area contributed by atoms with Gasteiger partial charge in [-0.25, -0.2) is 14.1 Å². The number of nitrogens with one attached hydrogen (secondary N) is 1. The maximum Gasteiger partial charge on any atom is 0.390 e. The molecule has 0 fully saturated rings. The van der Waals surface area contributed by atoms with Gasteiger partial charge >= 0.3 is 5.82 Å². The van der Waals surface area contributed by atoms with E-state index in [0.717, 1.165) is 0 Å². The normalized spacial score (nSPS) is 12.0. The molecule has 0 saturated carbocycles. The number of carbonyl (C=O) groups excluding carboxylic acids is 1. The van der Waals surface area contributed by atoms with Gasteiger partial charge in [0.1, 0.15) is 12.1 Å². The number of carbonyl (C=O) groups is 1. The predicted octanol–water partition coefficient (Wildman–Crippen LogP) is 2.81. The number of aryl methyl sites for hydroxylation is 1. The van der Waals surface area contributed by atoms with E-state index in [0.29, 0.717) is 11.3 Å². The highest BCUT2D eigenvalue weighted by molar-refractivity contribution is 6.31. The lowest BCUT2D eigenvalue weighted by atomic mass is 10.1. The van der Waals surface area contributed by atoms with Crippen molar-refractivity contribution < 1.29 is 14.1 Å². The van der Waals surface area contributed by atoms with Gasteiger partial charge in [-0.15, -0.1) is 5.10 Å². The molecule has 10 nitrogen and oxygen atoms in total. The molecule has 0 radical (unpaired) electrons. The maximum atomic E-state index is 13.1. The van der Waals surface area contributed by atoms with Gasteiger partial charge in [0.2, 0.25) is 11.9 Å². The summed E-state index contributed by atoms with van der Waals surface area (Å²) in [5.41, 5.74) is 1.23. The van der Waals surface area contributed by atoms with Crippen LogP contribution in [0.15, 0.2) is 30.6 Å². The standard InChI is InChI=1S/C17H17ClFN7O3/c1-10(7-25-11(2)5-15(22-25)26(28)29)16(27)21-17-20-9-24(23-17)8-12-3-4-13(19)6-14(12)18/h3-6,9-10H,7-8H2,1-2H3,(H,21,23,27). The number of hydrogen-bond donors (Lipinski definition) is 1. The molecule has 3 aromatic rings. The van der Waals surface area contributed by atoms with Gasteiger partial charge in [0.05, 0.1) is 35.9 Å². The number of aromatic nitrogens is 5. The van der Waals surface area contributed by atoms with Crippen LogP contribution in [0.4, 0.5) is 16.2 Å². The van der Waals surface area contributed by atoms with E-state index in [4.69, 9.17) is 11.6 Å². The summed E-state index contributed by atoms with van der Waals surface area (Å²) in [7, 11) is 0.